The zero-order chi connectivity index (χ0) is 21.2. The molecule has 2 heterocycles. The van der Waals surface area contributed by atoms with Crippen molar-refractivity contribution in [2.45, 2.75) is 44.9 Å². The van der Waals surface area contributed by atoms with Gasteiger partial charge in [0, 0.05) is 24.2 Å². The molecule has 0 aliphatic rings. The number of amides is 1. The fourth-order valence-electron chi connectivity index (χ4n) is 3.17. The lowest BCUT2D eigenvalue weighted by Gasteiger charge is -2.25. The van der Waals surface area contributed by atoms with Crippen LogP contribution in [0.15, 0.2) is 73.3 Å². The van der Waals surface area contributed by atoms with E-state index in [1.807, 2.05) is 24.3 Å². The molecule has 0 fully saturated rings. The van der Waals surface area contributed by atoms with Gasteiger partial charge in [-0.15, -0.1) is 0 Å². The lowest BCUT2D eigenvalue weighted by atomic mass is 9.97. The average Bonchev–Trinajstić information content (AvgIpc) is 2.80. The number of rotatable bonds is 10. The summed E-state index contributed by atoms with van der Waals surface area (Å²) in [6.45, 7) is 2.63. The summed E-state index contributed by atoms with van der Waals surface area (Å²) in [5.74, 6) is -0.182. The molecule has 30 heavy (non-hydrogen) atoms. The normalized spacial score (nSPS) is 12.9. The molecule has 0 saturated carbocycles. The van der Waals surface area contributed by atoms with Crippen LogP contribution < -0.4 is 11.1 Å². The van der Waals surface area contributed by atoms with Gasteiger partial charge in [-0.2, -0.15) is 0 Å². The first-order valence-electron chi connectivity index (χ1n) is 10.2. The van der Waals surface area contributed by atoms with Crippen LogP contribution in [0.25, 0.3) is 0 Å². The van der Waals surface area contributed by atoms with E-state index < -0.39 is 0 Å². The van der Waals surface area contributed by atoms with Crippen LogP contribution in [0.5, 0.6) is 0 Å². The maximum Gasteiger partial charge on any atom is 0.255 e. The maximum absolute atomic E-state index is 12.4. The first-order chi connectivity index (χ1) is 14.7. The molecule has 0 bridgehead atoms. The number of unbranched alkanes of at least 4 members (excludes halogenated alkanes) is 1. The Kier molecular flexibility index (Phi) is 8.06. The molecule has 0 radical (unpaired) electrons. The van der Waals surface area contributed by atoms with Crippen molar-refractivity contribution in [2.75, 3.05) is 5.32 Å². The standard InChI is InChI=1S/C24H28N4O2/c1-2-3-8-22(30-17-18-6-4-13-26-15-18)23(25)19-9-11-20(12-10-19)24(29)28-21-7-5-14-27-16-21/h4-7,9-16,22-23H,2-3,8,17,25H2,1H3,(H,28,29). The minimum absolute atomic E-state index is 0.111. The molecule has 2 atom stereocenters. The van der Waals surface area contributed by atoms with E-state index in [4.69, 9.17) is 10.5 Å². The highest BCUT2D eigenvalue weighted by Gasteiger charge is 2.20. The van der Waals surface area contributed by atoms with Gasteiger partial charge in [-0.1, -0.05) is 38.0 Å². The molecule has 1 aromatic carbocycles. The summed E-state index contributed by atoms with van der Waals surface area (Å²) in [7, 11) is 0. The van der Waals surface area contributed by atoms with Gasteiger partial charge in [-0.05, 0) is 47.9 Å². The number of hydrogen-bond acceptors (Lipinski definition) is 5. The number of ether oxygens (including phenoxy) is 1. The Morgan fingerprint density at radius 2 is 1.80 bits per heavy atom. The molecular formula is C24H28N4O2. The van der Waals surface area contributed by atoms with Crippen LogP contribution in [0, 0.1) is 0 Å². The molecule has 1 amide bonds. The van der Waals surface area contributed by atoms with E-state index in [0.29, 0.717) is 17.9 Å². The molecule has 6 heteroatoms. The van der Waals surface area contributed by atoms with Gasteiger partial charge in [0.2, 0.25) is 0 Å². The average molecular weight is 405 g/mol. The number of carbonyl (C=O) groups excluding carboxylic acids is 1. The van der Waals surface area contributed by atoms with Gasteiger partial charge in [0.1, 0.15) is 0 Å². The molecule has 3 N–H and O–H groups in total. The first kappa shape index (κ1) is 21.6. The molecule has 2 unspecified atom stereocenters. The second-order valence-corrected chi connectivity index (χ2v) is 7.20. The van der Waals surface area contributed by atoms with Gasteiger partial charge in [-0.3, -0.25) is 14.8 Å². The number of nitrogens with one attached hydrogen (secondary N) is 1. The number of anilines is 1. The molecule has 6 nitrogen and oxygen atoms in total. The summed E-state index contributed by atoms with van der Waals surface area (Å²) in [4.78, 5) is 20.6. The summed E-state index contributed by atoms with van der Waals surface area (Å²) in [6, 6.07) is 14.6. The zero-order valence-corrected chi connectivity index (χ0v) is 17.2. The quantitative estimate of drug-likeness (QED) is 0.519. The van der Waals surface area contributed by atoms with Crippen LogP contribution in [0.4, 0.5) is 5.69 Å². The second kappa shape index (κ2) is 11.2. The molecule has 2 aromatic heterocycles. The van der Waals surface area contributed by atoms with Crippen molar-refractivity contribution in [3.63, 3.8) is 0 Å². The van der Waals surface area contributed by atoms with Gasteiger partial charge in [0.25, 0.3) is 5.91 Å². The lowest BCUT2D eigenvalue weighted by molar-refractivity contribution is 0.0160. The van der Waals surface area contributed by atoms with Crippen LogP contribution in [-0.2, 0) is 11.3 Å². The predicted molar refractivity (Wildman–Crippen MR) is 118 cm³/mol. The highest BCUT2D eigenvalue weighted by molar-refractivity contribution is 6.04. The third kappa shape index (κ3) is 6.20. The minimum Gasteiger partial charge on any atom is -0.372 e. The lowest BCUT2D eigenvalue weighted by Crippen LogP contribution is -2.29. The largest absolute Gasteiger partial charge is 0.372 e. The highest BCUT2D eigenvalue weighted by Crippen LogP contribution is 2.23. The van der Waals surface area contributed by atoms with Gasteiger partial charge < -0.3 is 15.8 Å². The third-order valence-electron chi connectivity index (χ3n) is 4.91. The maximum atomic E-state index is 12.4. The van der Waals surface area contributed by atoms with Crippen molar-refractivity contribution >= 4 is 11.6 Å². The summed E-state index contributed by atoms with van der Waals surface area (Å²) < 4.78 is 6.15. The molecule has 3 rings (SSSR count). The summed E-state index contributed by atoms with van der Waals surface area (Å²) in [5.41, 5.74) is 9.74. The number of hydrogen-bond donors (Lipinski definition) is 2. The van der Waals surface area contributed by atoms with Crippen molar-refractivity contribution in [3.8, 4) is 0 Å². The van der Waals surface area contributed by atoms with Crippen molar-refractivity contribution in [2.24, 2.45) is 5.73 Å². The Balaban J connectivity index is 1.64. The highest BCUT2D eigenvalue weighted by atomic mass is 16.5. The van der Waals surface area contributed by atoms with Crippen LogP contribution in [-0.4, -0.2) is 22.0 Å². The van der Waals surface area contributed by atoms with E-state index in [1.165, 1.54) is 0 Å². The Morgan fingerprint density at radius 3 is 2.43 bits per heavy atom. The Bertz CT molecular complexity index is 902. The van der Waals surface area contributed by atoms with Crippen molar-refractivity contribution in [3.05, 3.63) is 90.0 Å². The summed E-state index contributed by atoms with van der Waals surface area (Å²) >= 11 is 0. The zero-order valence-electron chi connectivity index (χ0n) is 17.2. The Hall–Kier alpha value is -3.09. The van der Waals surface area contributed by atoms with E-state index in [9.17, 15) is 4.79 Å². The smallest absolute Gasteiger partial charge is 0.255 e. The van der Waals surface area contributed by atoms with Gasteiger partial charge in [0.05, 0.1) is 30.6 Å². The number of pyridine rings is 2. The fraction of sp³-hybridized carbons (Fsp3) is 0.292. The topological polar surface area (TPSA) is 90.1 Å². The van der Waals surface area contributed by atoms with Crippen LogP contribution in [0.2, 0.25) is 0 Å². The Morgan fingerprint density at radius 1 is 1.07 bits per heavy atom. The predicted octanol–water partition coefficient (Wildman–Crippen LogP) is 4.50. The van der Waals surface area contributed by atoms with Gasteiger partial charge in [0.15, 0.2) is 0 Å². The molecule has 0 saturated heterocycles. The molecule has 0 spiro atoms. The van der Waals surface area contributed by atoms with Crippen LogP contribution in [0.3, 0.4) is 0 Å². The molecule has 156 valence electrons. The van der Waals surface area contributed by atoms with E-state index in [2.05, 4.69) is 22.2 Å². The second-order valence-electron chi connectivity index (χ2n) is 7.20. The van der Waals surface area contributed by atoms with Crippen LogP contribution in [0.1, 0.15) is 53.7 Å². The number of nitrogens with two attached hydrogens (primary N) is 1. The molecule has 0 aliphatic carbocycles. The van der Waals surface area contributed by atoms with Gasteiger partial charge in [-0.25, -0.2) is 0 Å². The molecular weight excluding hydrogens is 376 g/mol. The number of nitrogens with zero attached hydrogens (tertiary/aromatic N) is 2. The Labute approximate surface area is 177 Å². The minimum atomic E-state index is -0.274. The SMILES string of the molecule is CCCCC(OCc1cccnc1)C(N)c1ccc(C(=O)Nc2cccnc2)cc1. The third-order valence-corrected chi connectivity index (χ3v) is 4.91. The monoisotopic (exact) mass is 404 g/mol. The van der Waals surface area contributed by atoms with Crippen molar-refractivity contribution < 1.29 is 9.53 Å². The van der Waals surface area contributed by atoms with E-state index in [0.717, 1.165) is 30.4 Å². The van der Waals surface area contributed by atoms with Crippen LogP contribution >= 0.6 is 0 Å². The number of carbonyl (C=O) groups is 1. The fourth-order valence-corrected chi connectivity index (χ4v) is 3.17. The molecule has 0 aliphatic heterocycles. The first-order valence-corrected chi connectivity index (χ1v) is 10.2. The number of aromatic nitrogens is 2. The van der Waals surface area contributed by atoms with Crippen molar-refractivity contribution in [1.82, 2.24) is 9.97 Å². The summed E-state index contributed by atoms with van der Waals surface area (Å²) in [5, 5.41) is 2.83. The van der Waals surface area contributed by atoms with E-state index >= 15 is 0 Å². The van der Waals surface area contributed by atoms with Crippen molar-refractivity contribution in [1.29, 1.82) is 0 Å². The van der Waals surface area contributed by atoms with E-state index in [1.54, 1.807) is 49.1 Å². The molecule has 3 aromatic rings. The number of benzene rings is 1. The summed E-state index contributed by atoms with van der Waals surface area (Å²) in [6.07, 6.45) is 9.70. The van der Waals surface area contributed by atoms with E-state index in [-0.39, 0.29) is 18.1 Å². The van der Waals surface area contributed by atoms with Gasteiger partial charge >= 0.3 is 0 Å².